The third-order valence-electron chi connectivity index (χ3n) is 3.13. The van der Waals surface area contributed by atoms with Crippen molar-refractivity contribution in [3.8, 4) is 0 Å². The van der Waals surface area contributed by atoms with Gasteiger partial charge in [0.2, 0.25) is 5.91 Å². The lowest BCUT2D eigenvalue weighted by molar-refractivity contribution is -0.141. The van der Waals surface area contributed by atoms with Gasteiger partial charge >= 0.3 is 0 Å². The number of rotatable bonds is 3. The Morgan fingerprint density at radius 1 is 1.45 bits per heavy atom. The van der Waals surface area contributed by atoms with Crippen molar-refractivity contribution in [2.45, 2.75) is 26.1 Å². The molecule has 110 valence electrons. The van der Waals surface area contributed by atoms with E-state index in [1.165, 1.54) is 6.07 Å². The summed E-state index contributed by atoms with van der Waals surface area (Å²) in [7, 11) is 0. The third-order valence-corrected chi connectivity index (χ3v) is 3.63. The summed E-state index contributed by atoms with van der Waals surface area (Å²) in [5.41, 5.74) is 0.330. The van der Waals surface area contributed by atoms with E-state index in [4.69, 9.17) is 4.74 Å². The molecule has 1 N–H and O–H groups in total. The Labute approximate surface area is 126 Å². The second kappa shape index (κ2) is 6.54. The van der Waals surface area contributed by atoms with Crippen LogP contribution in [0.5, 0.6) is 0 Å². The number of nitrogens with one attached hydrogen (secondary N) is 1. The molecule has 1 amide bonds. The van der Waals surface area contributed by atoms with Crippen LogP contribution < -0.4 is 5.32 Å². The first kappa shape index (κ1) is 15.3. The van der Waals surface area contributed by atoms with Gasteiger partial charge in [0.1, 0.15) is 5.82 Å². The molecule has 2 atom stereocenters. The number of amides is 1. The van der Waals surface area contributed by atoms with Crippen LogP contribution in [0, 0.1) is 5.82 Å². The summed E-state index contributed by atoms with van der Waals surface area (Å²) in [6, 6.07) is 4.71. The van der Waals surface area contributed by atoms with Crippen LogP contribution in [0.2, 0.25) is 0 Å². The van der Waals surface area contributed by atoms with Crippen LogP contribution in [0.4, 0.5) is 10.1 Å². The maximum absolute atomic E-state index is 13.6. The predicted octanol–water partition coefficient (Wildman–Crippen LogP) is 2.64. The molecule has 0 spiro atoms. The molecule has 2 unspecified atom stereocenters. The van der Waals surface area contributed by atoms with Crippen molar-refractivity contribution < 1.29 is 13.9 Å². The van der Waals surface area contributed by atoms with Gasteiger partial charge in [0.05, 0.1) is 24.4 Å². The van der Waals surface area contributed by atoms with E-state index in [0.29, 0.717) is 23.2 Å². The van der Waals surface area contributed by atoms with Crippen molar-refractivity contribution in [2.24, 2.45) is 0 Å². The Morgan fingerprint density at radius 3 is 2.70 bits per heavy atom. The highest BCUT2D eigenvalue weighted by Crippen LogP contribution is 2.19. The molecule has 1 aliphatic heterocycles. The van der Waals surface area contributed by atoms with E-state index in [2.05, 4.69) is 21.2 Å². The molecular weight excluding hydrogens is 327 g/mol. The predicted molar refractivity (Wildman–Crippen MR) is 79.2 cm³/mol. The highest BCUT2D eigenvalue weighted by molar-refractivity contribution is 9.10. The first-order valence-corrected chi connectivity index (χ1v) is 7.37. The molecule has 20 heavy (non-hydrogen) atoms. The summed E-state index contributed by atoms with van der Waals surface area (Å²) in [5, 5.41) is 2.84. The second-order valence-electron chi connectivity index (χ2n) is 5.03. The fraction of sp³-hybridized carbons (Fsp3) is 0.500. The number of hydrogen-bond acceptors (Lipinski definition) is 3. The average molecular weight is 345 g/mol. The van der Waals surface area contributed by atoms with E-state index in [9.17, 15) is 9.18 Å². The third kappa shape index (κ3) is 3.93. The zero-order valence-electron chi connectivity index (χ0n) is 11.5. The summed E-state index contributed by atoms with van der Waals surface area (Å²) < 4.78 is 19.9. The number of benzene rings is 1. The molecule has 6 heteroatoms. The lowest BCUT2D eigenvalue weighted by Gasteiger charge is -2.35. The Kier molecular flexibility index (Phi) is 4.99. The number of ether oxygens (including phenoxy) is 1. The van der Waals surface area contributed by atoms with Crippen LogP contribution in [0.15, 0.2) is 22.7 Å². The van der Waals surface area contributed by atoms with Gasteiger partial charge in [-0.1, -0.05) is 15.9 Å². The number of halogens is 2. The van der Waals surface area contributed by atoms with E-state index in [1.54, 1.807) is 17.0 Å². The summed E-state index contributed by atoms with van der Waals surface area (Å²) >= 11 is 3.20. The molecule has 1 saturated heterocycles. The van der Waals surface area contributed by atoms with Gasteiger partial charge in [-0.25, -0.2) is 4.39 Å². The fourth-order valence-electron chi connectivity index (χ4n) is 2.30. The lowest BCUT2D eigenvalue weighted by Crippen LogP contribution is -2.49. The first-order valence-electron chi connectivity index (χ1n) is 6.58. The van der Waals surface area contributed by atoms with Crippen molar-refractivity contribution in [3.63, 3.8) is 0 Å². The normalized spacial score (nSPS) is 22.7. The molecule has 0 bridgehead atoms. The largest absolute Gasteiger partial charge is 0.374 e. The SMILES string of the molecule is CC1CN(C(=O)CNc2ccc(Br)cc2F)CC(C)O1. The number of carbonyl (C=O) groups is 1. The van der Waals surface area contributed by atoms with Gasteiger partial charge in [-0.15, -0.1) is 0 Å². The molecular formula is C14H18BrFN2O2. The quantitative estimate of drug-likeness (QED) is 0.916. The molecule has 1 heterocycles. The summed E-state index contributed by atoms with van der Waals surface area (Å²) in [6.45, 7) is 5.12. The summed E-state index contributed by atoms with van der Waals surface area (Å²) in [5.74, 6) is -0.426. The van der Waals surface area contributed by atoms with E-state index >= 15 is 0 Å². The molecule has 0 aliphatic carbocycles. The highest BCUT2D eigenvalue weighted by Gasteiger charge is 2.25. The van der Waals surface area contributed by atoms with E-state index < -0.39 is 0 Å². The van der Waals surface area contributed by atoms with Crippen molar-refractivity contribution in [1.29, 1.82) is 0 Å². The van der Waals surface area contributed by atoms with Gasteiger partial charge in [0.15, 0.2) is 0 Å². The molecule has 1 aromatic carbocycles. The van der Waals surface area contributed by atoms with E-state index in [1.807, 2.05) is 13.8 Å². The number of nitrogens with zero attached hydrogens (tertiary/aromatic N) is 1. The number of anilines is 1. The maximum Gasteiger partial charge on any atom is 0.242 e. The molecule has 1 aliphatic rings. The molecule has 1 fully saturated rings. The van der Waals surface area contributed by atoms with E-state index in [0.717, 1.165) is 0 Å². The molecule has 0 saturated carbocycles. The Balaban J connectivity index is 1.91. The number of hydrogen-bond donors (Lipinski definition) is 1. The number of carbonyl (C=O) groups excluding carboxylic acids is 1. The Morgan fingerprint density at radius 2 is 2.10 bits per heavy atom. The summed E-state index contributed by atoms with van der Waals surface area (Å²) in [6.07, 6.45) is 0.0687. The van der Waals surface area contributed by atoms with Crippen molar-refractivity contribution in [1.82, 2.24) is 4.90 Å². The van der Waals surface area contributed by atoms with Gasteiger partial charge in [0.25, 0.3) is 0 Å². The lowest BCUT2D eigenvalue weighted by atomic mass is 10.2. The molecule has 4 nitrogen and oxygen atoms in total. The highest BCUT2D eigenvalue weighted by atomic mass is 79.9. The van der Waals surface area contributed by atoms with Crippen molar-refractivity contribution in [2.75, 3.05) is 25.0 Å². The molecule has 1 aromatic rings. The zero-order chi connectivity index (χ0) is 14.7. The number of morpholine rings is 1. The van der Waals surface area contributed by atoms with Gasteiger partial charge < -0.3 is 15.0 Å². The fourth-order valence-corrected chi connectivity index (χ4v) is 2.63. The van der Waals surface area contributed by atoms with Crippen LogP contribution in [0.3, 0.4) is 0 Å². The minimum absolute atomic E-state index is 0.0344. The minimum atomic E-state index is -0.379. The van der Waals surface area contributed by atoms with Gasteiger partial charge in [-0.2, -0.15) is 0 Å². The second-order valence-corrected chi connectivity index (χ2v) is 5.95. The topological polar surface area (TPSA) is 41.6 Å². The minimum Gasteiger partial charge on any atom is -0.374 e. The van der Waals surface area contributed by atoms with Crippen LogP contribution in [0.25, 0.3) is 0 Å². The smallest absolute Gasteiger partial charge is 0.242 e. The van der Waals surface area contributed by atoms with Crippen LogP contribution >= 0.6 is 15.9 Å². The zero-order valence-corrected chi connectivity index (χ0v) is 13.1. The Hall–Kier alpha value is -1.14. The standard InChI is InChI=1S/C14H18BrFN2O2/c1-9-7-18(8-10(2)20-9)14(19)6-17-13-4-3-11(15)5-12(13)16/h3-5,9-10,17H,6-8H2,1-2H3. The van der Waals surface area contributed by atoms with Gasteiger partial charge in [0, 0.05) is 17.6 Å². The van der Waals surface area contributed by atoms with E-state index in [-0.39, 0.29) is 30.5 Å². The Bertz CT molecular complexity index is 488. The average Bonchev–Trinajstić information content (AvgIpc) is 2.36. The van der Waals surface area contributed by atoms with Crippen molar-refractivity contribution in [3.05, 3.63) is 28.5 Å². The van der Waals surface area contributed by atoms with Crippen LogP contribution in [-0.2, 0) is 9.53 Å². The molecule has 0 radical (unpaired) electrons. The van der Waals surface area contributed by atoms with Gasteiger partial charge in [-0.3, -0.25) is 4.79 Å². The molecule has 0 aromatic heterocycles. The summed E-state index contributed by atoms with van der Waals surface area (Å²) in [4.78, 5) is 13.9. The van der Waals surface area contributed by atoms with Crippen LogP contribution in [-0.4, -0.2) is 42.6 Å². The monoisotopic (exact) mass is 344 g/mol. The van der Waals surface area contributed by atoms with Gasteiger partial charge in [-0.05, 0) is 32.0 Å². The maximum atomic E-state index is 13.6. The van der Waals surface area contributed by atoms with Crippen LogP contribution in [0.1, 0.15) is 13.8 Å². The molecule has 2 rings (SSSR count). The first-order chi connectivity index (χ1) is 9.45. The van der Waals surface area contributed by atoms with Crippen molar-refractivity contribution >= 4 is 27.5 Å².